The summed E-state index contributed by atoms with van der Waals surface area (Å²) in [5, 5.41) is 3.06. The minimum atomic E-state index is -4.45. The summed E-state index contributed by atoms with van der Waals surface area (Å²) in [5.41, 5.74) is 0. The fourth-order valence-corrected chi connectivity index (χ4v) is 10.1. The molecule has 0 radical (unpaired) electrons. The predicted octanol–water partition coefficient (Wildman–Crippen LogP) is 20.2. The molecule has 0 heterocycles. The van der Waals surface area contributed by atoms with E-state index in [4.69, 9.17) is 13.8 Å². The maximum absolute atomic E-state index is 13.5. The number of carbonyl (C=O) groups is 2. The van der Waals surface area contributed by atoms with E-state index in [1.54, 1.807) is 0 Å². The molecule has 3 unspecified atom stereocenters. The second-order valence-corrected chi connectivity index (χ2v) is 24.7. The van der Waals surface area contributed by atoms with E-state index >= 15 is 0 Å². The van der Waals surface area contributed by atoms with E-state index in [1.807, 2.05) is 33.3 Å². The Kier molecular flexibility index (Phi) is 55.3. The molecule has 2 N–H and O–H groups in total. The van der Waals surface area contributed by atoms with Crippen molar-refractivity contribution in [3.8, 4) is 0 Å². The molecule has 0 aromatic rings. The summed E-state index contributed by atoms with van der Waals surface area (Å²) < 4.78 is 30.7. The number of rotatable bonds is 59. The molecule has 0 aromatic heterocycles. The number of unbranched alkanes of at least 4 members (excludes halogenated alkanes) is 35. The average molecular weight is 1100 g/mol. The highest BCUT2D eigenvalue weighted by Gasteiger charge is 2.30. The third-order valence-electron chi connectivity index (χ3n) is 14.4. The van der Waals surface area contributed by atoms with E-state index in [0.29, 0.717) is 17.4 Å². The van der Waals surface area contributed by atoms with Crippen LogP contribution in [-0.2, 0) is 27.9 Å². The number of amides is 1. The molecule has 0 saturated heterocycles. The minimum Gasteiger partial charge on any atom is -0.456 e. The summed E-state index contributed by atoms with van der Waals surface area (Å²) in [6.45, 7) is 7.00. The minimum absolute atomic E-state index is 0.0375. The molecule has 0 aliphatic carbocycles. The molecule has 0 saturated carbocycles. The van der Waals surface area contributed by atoms with Crippen LogP contribution >= 0.6 is 7.82 Å². The van der Waals surface area contributed by atoms with E-state index < -0.39 is 20.0 Å². The summed E-state index contributed by atoms with van der Waals surface area (Å²) in [6.07, 6.45) is 72.1. The standard InChI is InChI=1S/C67H125N2O7P/c1-7-10-13-16-19-22-25-28-30-32-33-34-35-36-37-38-40-42-45-48-51-54-57-60-67(71)76-65(58-55-52-49-46-43-27-24-21-18-15-12-9-3)64(63-75-77(72,73)74-62-61-69(4,5)6)68-66(70)59-56-53-50-47-44-41-39-31-29-26-23-20-17-14-11-8-2/h19,22,28,30-31,33-34,39,55,58,64-65H,7-18,20-21,23-27,29,32,35-38,40-54,56-57,59-63H2,1-6H3,(H-,68,70,72,73)/p+1/b22-19-,30-28-,34-33-,39-31+,58-55-. The number of likely N-dealkylation sites (N-methyl/N-ethyl adjacent to an activating group) is 1. The highest BCUT2D eigenvalue weighted by atomic mass is 31.2. The van der Waals surface area contributed by atoms with Crippen LogP contribution in [0.4, 0.5) is 0 Å². The van der Waals surface area contributed by atoms with Gasteiger partial charge in [-0.1, -0.05) is 255 Å². The monoisotopic (exact) mass is 1100 g/mol. The van der Waals surface area contributed by atoms with Crippen molar-refractivity contribution in [3.63, 3.8) is 0 Å². The number of phosphoric ester groups is 1. The molecule has 0 aliphatic heterocycles. The van der Waals surface area contributed by atoms with Crippen molar-refractivity contribution in [2.24, 2.45) is 0 Å². The lowest BCUT2D eigenvalue weighted by Gasteiger charge is -2.27. The second-order valence-electron chi connectivity index (χ2n) is 23.3. The van der Waals surface area contributed by atoms with E-state index in [9.17, 15) is 19.0 Å². The summed E-state index contributed by atoms with van der Waals surface area (Å²) in [7, 11) is 1.49. The number of allylic oxidation sites excluding steroid dienone is 9. The van der Waals surface area contributed by atoms with Crippen molar-refractivity contribution in [1.82, 2.24) is 5.32 Å². The number of phosphoric acid groups is 1. The van der Waals surface area contributed by atoms with Crippen LogP contribution in [0.3, 0.4) is 0 Å². The van der Waals surface area contributed by atoms with Crippen LogP contribution in [0.15, 0.2) is 60.8 Å². The topological polar surface area (TPSA) is 111 Å². The van der Waals surface area contributed by atoms with Gasteiger partial charge < -0.3 is 19.4 Å². The Morgan fingerprint density at radius 2 is 0.792 bits per heavy atom. The smallest absolute Gasteiger partial charge is 0.456 e. The Morgan fingerprint density at radius 3 is 1.22 bits per heavy atom. The number of esters is 1. The number of ether oxygens (including phenoxy) is 1. The molecule has 0 aromatic carbocycles. The number of hydrogen-bond donors (Lipinski definition) is 2. The van der Waals surface area contributed by atoms with E-state index in [0.717, 1.165) is 89.9 Å². The molecule has 0 aliphatic rings. The molecule has 1 amide bonds. The van der Waals surface area contributed by atoms with E-state index in [2.05, 4.69) is 74.7 Å². The van der Waals surface area contributed by atoms with Gasteiger partial charge in [-0.15, -0.1) is 0 Å². The zero-order valence-corrected chi connectivity index (χ0v) is 52.3. The Bertz CT molecular complexity index is 1500. The number of nitrogens with one attached hydrogen (secondary N) is 1. The lowest BCUT2D eigenvalue weighted by atomic mass is 10.0. The van der Waals surface area contributed by atoms with Crippen LogP contribution in [0.25, 0.3) is 0 Å². The molecular weight excluding hydrogens is 976 g/mol. The SMILES string of the molecule is CCCCC/C=C\C/C=C\C/C=C\CCCCCCCCCCCCC(=O)OC(/C=C\CCCCCCCCCCCC)C(COP(=O)(O)OCC[N+](C)(C)C)NC(=O)CCCCCCC/C=C/CCCCCCCCC. The first kappa shape index (κ1) is 74.7. The summed E-state index contributed by atoms with van der Waals surface area (Å²) in [5.74, 6) is -0.512. The molecule has 0 rings (SSSR count). The molecule has 3 atom stereocenters. The van der Waals surface area contributed by atoms with E-state index in [-0.39, 0.29) is 31.5 Å². The van der Waals surface area contributed by atoms with Gasteiger partial charge in [-0.25, -0.2) is 4.57 Å². The normalized spacial score (nSPS) is 14.0. The van der Waals surface area contributed by atoms with Crippen LogP contribution < -0.4 is 5.32 Å². The largest absolute Gasteiger partial charge is 0.472 e. The molecular formula is C67H126N2O7P+. The van der Waals surface area contributed by atoms with Crippen LogP contribution in [0.1, 0.15) is 303 Å². The second kappa shape index (κ2) is 57.0. The Hall–Kier alpha value is -2.29. The first-order valence-electron chi connectivity index (χ1n) is 32.6. The van der Waals surface area contributed by atoms with Gasteiger partial charge in [0.15, 0.2) is 0 Å². The first-order chi connectivity index (χ1) is 37.4. The van der Waals surface area contributed by atoms with Crippen molar-refractivity contribution >= 4 is 19.7 Å². The van der Waals surface area contributed by atoms with Crippen molar-refractivity contribution < 1.29 is 37.3 Å². The zero-order valence-electron chi connectivity index (χ0n) is 51.5. The summed E-state index contributed by atoms with van der Waals surface area (Å²) in [4.78, 5) is 37.8. The number of carbonyl (C=O) groups excluding carboxylic acids is 2. The number of hydrogen-bond acceptors (Lipinski definition) is 6. The van der Waals surface area contributed by atoms with Crippen LogP contribution in [0.5, 0.6) is 0 Å². The fraction of sp³-hybridized carbons (Fsp3) is 0.821. The first-order valence-corrected chi connectivity index (χ1v) is 34.1. The van der Waals surface area contributed by atoms with Gasteiger partial charge >= 0.3 is 13.8 Å². The van der Waals surface area contributed by atoms with Gasteiger partial charge in [-0.2, -0.15) is 0 Å². The average Bonchev–Trinajstić information content (AvgIpc) is 3.39. The predicted molar refractivity (Wildman–Crippen MR) is 332 cm³/mol. The highest BCUT2D eigenvalue weighted by Crippen LogP contribution is 2.43. The Morgan fingerprint density at radius 1 is 0.455 bits per heavy atom. The molecule has 10 heteroatoms. The number of quaternary nitrogens is 1. The fourth-order valence-electron chi connectivity index (χ4n) is 9.35. The van der Waals surface area contributed by atoms with Gasteiger partial charge in [0.2, 0.25) is 5.91 Å². The lowest BCUT2D eigenvalue weighted by molar-refractivity contribution is -0.870. The molecule has 450 valence electrons. The van der Waals surface area contributed by atoms with Gasteiger partial charge in [0.05, 0.1) is 33.8 Å². The van der Waals surface area contributed by atoms with Crippen molar-refractivity contribution in [2.75, 3.05) is 40.9 Å². The molecule has 77 heavy (non-hydrogen) atoms. The van der Waals surface area contributed by atoms with E-state index in [1.165, 1.54) is 180 Å². The Labute approximate surface area is 477 Å². The lowest BCUT2D eigenvalue weighted by Crippen LogP contribution is -2.47. The molecule has 0 bridgehead atoms. The van der Waals surface area contributed by atoms with Crippen LogP contribution in [0.2, 0.25) is 0 Å². The Balaban J connectivity index is 5.18. The highest BCUT2D eigenvalue weighted by molar-refractivity contribution is 7.47. The van der Waals surface area contributed by atoms with Gasteiger partial charge in [0, 0.05) is 12.8 Å². The van der Waals surface area contributed by atoms with Crippen molar-refractivity contribution in [1.29, 1.82) is 0 Å². The number of nitrogens with zero attached hydrogens (tertiary/aromatic N) is 1. The maximum atomic E-state index is 13.5. The quantitative estimate of drug-likeness (QED) is 0.0205. The maximum Gasteiger partial charge on any atom is 0.472 e. The zero-order chi connectivity index (χ0) is 56.4. The van der Waals surface area contributed by atoms with Gasteiger partial charge in [0.25, 0.3) is 0 Å². The summed E-state index contributed by atoms with van der Waals surface area (Å²) >= 11 is 0. The molecule has 0 spiro atoms. The third kappa shape index (κ3) is 58.2. The molecule has 0 fully saturated rings. The van der Waals surface area contributed by atoms with Crippen molar-refractivity contribution in [2.45, 2.75) is 315 Å². The van der Waals surface area contributed by atoms with Crippen molar-refractivity contribution in [3.05, 3.63) is 60.8 Å². The van der Waals surface area contributed by atoms with Crippen LogP contribution in [0, 0.1) is 0 Å². The summed E-state index contributed by atoms with van der Waals surface area (Å²) in [6, 6.07) is -0.855. The van der Waals surface area contributed by atoms with Gasteiger partial charge in [-0.3, -0.25) is 18.6 Å². The van der Waals surface area contributed by atoms with Gasteiger partial charge in [-0.05, 0) is 96.0 Å². The third-order valence-corrected chi connectivity index (χ3v) is 15.4. The molecule has 9 nitrogen and oxygen atoms in total. The van der Waals surface area contributed by atoms with Crippen LogP contribution in [-0.4, -0.2) is 74.3 Å². The van der Waals surface area contributed by atoms with Gasteiger partial charge in [0.1, 0.15) is 19.3 Å².